The SMILES string of the molecule is C=C(C[C@@H](O)C1=NO[C@@H](c2ccccc2)C1)c1ccccc1. The Morgan fingerprint density at radius 2 is 1.77 bits per heavy atom. The molecule has 2 aromatic carbocycles. The predicted molar refractivity (Wildman–Crippen MR) is 88.4 cm³/mol. The zero-order valence-electron chi connectivity index (χ0n) is 12.4. The monoisotopic (exact) mass is 293 g/mol. The van der Waals surface area contributed by atoms with Gasteiger partial charge in [-0.3, -0.25) is 0 Å². The molecule has 0 aliphatic carbocycles. The lowest BCUT2D eigenvalue weighted by Gasteiger charge is -2.12. The van der Waals surface area contributed by atoms with Gasteiger partial charge < -0.3 is 9.94 Å². The van der Waals surface area contributed by atoms with Crippen molar-refractivity contribution in [3.63, 3.8) is 0 Å². The van der Waals surface area contributed by atoms with E-state index in [0.29, 0.717) is 18.6 Å². The fraction of sp³-hybridized carbons (Fsp3) is 0.211. The van der Waals surface area contributed by atoms with E-state index >= 15 is 0 Å². The molecule has 1 heterocycles. The average molecular weight is 293 g/mol. The second kappa shape index (κ2) is 6.58. The van der Waals surface area contributed by atoms with Crippen LogP contribution in [-0.2, 0) is 4.84 Å². The van der Waals surface area contributed by atoms with E-state index in [1.807, 2.05) is 60.7 Å². The molecule has 0 saturated carbocycles. The molecule has 0 radical (unpaired) electrons. The van der Waals surface area contributed by atoms with Gasteiger partial charge in [-0.15, -0.1) is 0 Å². The molecule has 3 rings (SSSR count). The Bertz CT molecular complexity index is 664. The molecule has 0 spiro atoms. The lowest BCUT2D eigenvalue weighted by molar-refractivity contribution is 0.0855. The number of hydrogen-bond donors (Lipinski definition) is 1. The summed E-state index contributed by atoms with van der Waals surface area (Å²) in [6.45, 7) is 4.06. The van der Waals surface area contributed by atoms with Gasteiger partial charge in [0.2, 0.25) is 0 Å². The van der Waals surface area contributed by atoms with Crippen molar-refractivity contribution in [2.75, 3.05) is 0 Å². The standard InChI is InChI=1S/C19H19NO2/c1-14(15-8-4-2-5-9-15)12-18(21)17-13-19(22-20-17)16-10-6-3-7-11-16/h2-11,18-19,21H,1,12-13H2/t18-,19-/m1/s1. The third kappa shape index (κ3) is 3.26. The summed E-state index contributed by atoms with van der Waals surface area (Å²) < 4.78 is 0. The summed E-state index contributed by atoms with van der Waals surface area (Å²) in [5.74, 6) is 0. The zero-order valence-corrected chi connectivity index (χ0v) is 12.4. The first-order chi connectivity index (χ1) is 10.7. The first kappa shape index (κ1) is 14.5. The second-order valence-corrected chi connectivity index (χ2v) is 5.48. The highest BCUT2D eigenvalue weighted by atomic mass is 16.6. The van der Waals surface area contributed by atoms with E-state index in [1.54, 1.807) is 0 Å². The number of benzene rings is 2. The smallest absolute Gasteiger partial charge is 0.158 e. The molecule has 1 N–H and O–H groups in total. The molecule has 0 bridgehead atoms. The van der Waals surface area contributed by atoms with Crippen LogP contribution in [0.25, 0.3) is 5.57 Å². The van der Waals surface area contributed by atoms with E-state index < -0.39 is 6.10 Å². The van der Waals surface area contributed by atoms with Crippen LogP contribution in [0.1, 0.15) is 30.1 Å². The summed E-state index contributed by atoms with van der Waals surface area (Å²) in [5.41, 5.74) is 3.71. The van der Waals surface area contributed by atoms with Gasteiger partial charge in [0, 0.05) is 12.8 Å². The van der Waals surface area contributed by atoms with Crippen LogP contribution >= 0.6 is 0 Å². The molecule has 22 heavy (non-hydrogen) atoms. The molecule has 0 saturated heterocycles. The van der Waals surface area contributed by atoms with Gasteiger partial charge in [-0.25, -0.2) is 0 Å². The van der Waals surface area contributed by atoms with Crippen molar-refractivity contribution >= 4 is 11.3 Å². The lowest BCUT2D eigenvalue weighted by Crippen LogP contribution is -2.19. The summed E-state index contributed by atoms with van der Waals surface area (Å²) in [6, 6.07) is 19.8. The third-order valence-corrected chi connectivity index (χ3v) is 3.87. The highest BCUT2D eigenvalue weighted by Crippen LogP contribution is 2.29. The van der Waals surface area contributed by atoms with Crippen molar-refractivity contribution in [2.45, 2.75) is 25.0 Å². The normalized spacial score (nSPS) is 18.4. The molecule has 3 nitrogen and oxygen atoms in total. The second-order valence-electron chi connectivity index (χ2n) is 5.48. The van der Waals surface area contributed by atoms with Crippen molar-refractivity contribution in [1.82, 2.24) is 0 Å². The molecule has 2 atom stereocenters. The summed E-state index contributed by atoms with van der Waals surface area (Å²) in [4.78, 5) is 5.46. The molecular formula is C19H19NO2. The Morgan fingerprint density at radius 3 is 2.45 bits per heavy atom. The van der Waals surface area contributed by atoms with Gasteiger partial charge in [0.1, 0.15) is 0 Å². The summed E-state index contributed by atoms with van der Waals surface area (Å²) in [7, 11) is 0. The van der Waals surface area contributed by atoms with Gasteiger partial charge in [0.25, 0.3) is 0 Å². The van der Waals surface area contributed by atoms with E-state index in [1.165, 1.54) is 0 Å². The van der Waals surface area contributed by atoms with E-state index in [2.05, 4.69) is 11.7 Å². The van der Waals surface area contributed by atoms with Gasteiger partial charge >= 0.3 is 0 Å². The van der Waals surface area contributed by atoms with Crippen molar-refractivity contribution in [2.24, 2.45) is 5.16 Å². The largest absolute Gasteiger partial charge is 0.387 e. The minimum Gasteiger partial charge on any atom is -0.387 e. The number of aliphatic hydroxyl groups is 1. The maximum absolute atomic E-state index is 10.4. The quantitative estimate of drug-likeness (QED) is 0.906. The topological polar surface area (TPSA) is 41.8 Å². The predicted octanol–water partition coefficient (Wildman–Crippen LogP) is 3.97. The van der Waals surface area contributed by atoms with Crippen LogP contribution in [0.3, 0.4) is 0 Å². The number of aliphatic hydroxyl groups excluding tert-OH is 1. The fourth-order valence-corrected chi connectivity index (χ4v) is 2.58. The maximum Gasteiger partial charge on any atom is 0.158 e. The van der Waals surface area contributed by atoms with Crippen molar-refractivity contribution in [3.05, 3.63) is 78.4 Å². The van der Waals surface area contributed by atoms with Crippen LogP contribution in [0.5, 0.6) is 0 Å². The summed E-state index contributed by atoms with van der Waals surface area (Å²) in [5, 5.41) is 14.4. The Labute approximate surface area is 130 Å². The van der Waals surface area contributed by atoms with Crippen molar-refractivity contribution in [1.29, 1.82) is 0 Å². The van der Waals surface area contributed by atoms with Gasteiger partial charge in [-0.1, -0.05) is 72.4 Å². The molecule has 0 amide bonds. The van der Waals surface area contributed by atoms with E-state index in [0.717, 1.165) is 16.7 Å². The molecule has 112 valence electrons. The highest BCUT2D eigenvalue weighted by molar-refractivity contribution is 5.91. The molecule has 1 aliphatic rings. The Balaban J connectivity index is 1.60. The molecule has 0 aromatic heterocycles. The molecule has 3 heteroatoms. The molecular weight excluding hydrogens is 274 g/mol. The Morgan fingerprint density at radius 1 is 1.14 bits per heavy atom. The molecule has 0 fully saturated rings. The lowest BCUT2D eigenvalue weighted by atomic mass is 9.96. The van der Waals surface area contributed by atoms with Crippen LogP contribution in [0, 0.1) is 0 Å². The van der Waals surface area contributed by atoms with E-state index in [4.69, 9.17) is 4.84 Å². The zero-order chi connectivity index (χ0) is 15.4. The van der Waals surface area contributed by atoms with E-state index in [9.17, 15) is 5.11 Å². The van der Waals surface area contributed by atoms with Gasteiger partial charge in [-0.2, -0.15) is 0 Å². The van der Waals surface area contributed by atoms with Crippen molar-refractivity contribution in [3.8, 4) is 0 Å². The van der Waals surface area contributed by atoms with Gasteiger partial charge in [-0.05, 0) is 16.7 Å². The summed E-state index contributed by atoms with van der Waals surface area (Å²) >= 11 is 0. The first-order valence-electron chi connectivity index (χ1n) is 7.43. The average Bonchev–Trinajstić information content (AvgIpc) is 3.06. The Kier molecular flexibility index (Phi) is 4.35. The van der Waals surface area contributed by atoms with Crippen LogP contribution in [0.2, 0.25) is 0 Å². The van der Waals surface area contributed by atoms with Crippen LogP contribution < -0.4 is 0 Å². The molecule has 0 unspecified atom stereocenters. The van der Waals surface area contributed by atoms with Gasteiger partial charge in [0.15, 0.2) is 6.10 Å². The third-order valence-electron chi connectivity index (χ3n) is 3.87. The van der Waals surface area contributed by atoms with Crippen LogP contribution in [-0.4, -0.2) is 16.9 Å². The summed E-state index contributed by atoms with van der Waals surface area (Å²) in [6.07, 6.45) is 0.332. The number of oxime groups is 1. The minimum atomic E-state index is -0.651. The van der Waals surface area contributed by atoms with Crippen molar-refractivity contribution < 1.29 is 9.94 Å². The highest BCUT2D eigenvalue weighted by Gasteiger charge is 2.27. The molecule has 2 aromatic rings. The van der Waals surface area contributed by atoms with Crippen LogP contribution in [0.15, 0.2) is 72.4 Å². The first-order valence-corrected chi connectivity index (χ1v) is 7.43. The number of hydrogen-bond acceptors (Lipinski definition) is 3. The minimum absolute atomic E-state index is 0.101. The Hall–Kier alpha value is -2.39. The number of rotatable bonds is 5. The fourth-order valence-electron chi connectivity index (χ4n) is 2.58. The van der Waals surface area contributed by atoms with E-state index in [-0.39, 0.29) is 6.10 Å². The maximum atomic E-state index is 10.4. The van der Waals surface area contributed by atoms with Crippen LogP contribution in [0.4, 0.5) is 0 Å². The van der Waals surface area contributed by atoms with Gasteiger partial charge in [0.05, 0.1) is 11.8 Å². The molecule has 1 aliphatic heterocycles. The number of nitrogens with zero attached hydrogens (tertiary/aromatic N) is 1.